The molecule has 0 radical (unpaired) electrons. The molecule has 5 aromatic rings. The van der Waals surface area contributed by atoms with Gasteiger partial charge < -0.3 is 4.90 Å². The Morgan fingerprint density at radius 1 is 1.05 bits per heavy atom. The van der Waals surface area contributed by atoms with Crippen LogP contribution in [0.3, 0.4) is 0 Å². The van der Waals surface area contributed by atoms with Gasteiger partial charge in [-0.3, -0.25) is 4.79 Å². The molecule has 0 N–H and O–H groups in total. The minimum Gasteiger partial charge on any atom is -0.330 e. The standard InChI is InChI=1S/C29H21BrClFN4O/c1-17-22-5-3-2-4-18(22)12-13-35(17)29(37)26-15-27(19-6-9-21(31)10-7-19)36-28(33-26)16-25(34-36)23-11-8-20(30)14-24(23)32/h2-11,14-17H,12-13H2,1H3/t17-/m1/s1. The Balaban J connectivity index is 1.48. The molecule has 3 aromatic carbocycles. The molecule has 1 aliphatic rings. The van der Waals surface area contributed by atoms with Crippen molar-refractivity contribution in [3.05, 3.63) is 111 Å². The van der Waals surface area contributed by atoms with E-state index in [9.17, 15) is 9.18 Å². The van der Waals surface area contributed by atoms with Crippen molar-refractivity contribution in [2.24, 2.45) is 0 Å². The number of aromatic nitrogens is 3. The second kappa shape index (κ2) is 9.39. The number of benzene rings is 3. The number of nitrogens with zero attached hydrogens (tertiary/aromatic N) is 4. The van der Waals surface area contributed by atoms with E-state index in [2.05, 4.69) is 38.1 Å². The Morgan fingerprint density at radius 3 is 2.62 bits per heavy atom. The molecule has 37 heavy (non-hydrogen) atoms. The van der Waals surface area contributed by atoms with Crippen LogP contribution in [0.2, 0.25) is 5.02 Å². The van der Waals surface area contributed by atoms with Crippen LogP contribution in [-0.4, -0.2) is 31.9 Å². The van der Waals surface area contributed by atoms with Crippen molar-refractivity contribution in [1.29, 1.82) is 0 Å². The highest BCUT2D eigenvalue weighted by atomic mass is 79.9. The van der Waals surface area contributed by atoms with Gasteiger partial charge in [0.2, 0.25) is 0 Å². The van der Waals surface area contributed by atoms with Gasteiger partial charge in [0.05, 0.1) is 17.4 Å². The van der Waals surface area contributed by atoms with Crippen LogP contribution in [0.5, 0.6) is 0 Å². The van der Waals surface area contributed by atoms with Crippen LogP contribution < -0.4 is 0 Å². The molecule has 0 spiro atoms. The second-order valence-corrected chi connectivity index (χ2v) is 10.4. The first-order valence-corrected chi connectivity index (χ1v) is 13.1. The molecule has 0 saturated carbocycles. The Labute approximate surface area is 226 Å². The maximum Gasteiger partial charge on any atom is 0.273 e. The zero-order chi connectivity index (χ0) is 25.7. The molecule has 0 bridgehead atoms. The number of carbonyl (C=O) groups excluding carboxylic acids is 1. The Kier molecular flexibility index (Phi) is 6.05. The third-order valence-corrected chi connectivity index (χ3v) is 7.59. The number of fused-ring (bicyclic) bond motifs is 2. The molecule has 1 amide bonds. The molecule has 1 atom stereocenters. The molecule has 0 saturated heterocycles. The smallest absolute Gasteiger partial charge is 0.273 e. The first kappa shape index (κ1) is 23.8. The highest BCUT2D eigenvalue weighted by molar-refractivity contribution is 9.10. The summed E-state index contributed by atoms with van der Waals surface area (Å²) in [6, 6.07) is 23.7. The van der Waals surface area contributed by atoms with Crippen LogP contribution in [0.4, 0.5) is 4.39 Å². The van der Waals surface area contributed by atoms with E-state index in [1.54, 1.807) is 40.9 Å². The van der Waals surface area contributed by atoms with E-state index in [0.29, 0.717) is 44.3 Å². The summed E-state index contributed by atoms with van der Waals surface area (Å²) in [5.74, 6) is -0.555. The minimum atomic E-state index is -0.400. The first-order valence-electron chi connectivity index (χ1n) is 11.9. The summed E-state index contributed by atoms with van der Waals surface area (Å²) in [7, 11) is 0. The predicted molar refractivity (Wildman–Crippen MR) is 146 cm³/mol. The number of halogens is 3. The third-order valence-electron chi connectivity index (χ3n) is 6.85. The molecule has 0 aliphatic carbocycles. The van der Waals surface area contributed by atoms with Crippen molar-refractivity contribution in [1.82, 2.24) is 19.5 Å². The van der Waals surface area contributed by atoms with E-state index >= 15 is 0 Å². The molecule has 0 fully saturated rings. The van der Waals surface area contributed by atoms with Gasteiger partial charge in [0.15, 0.2) is 5.65 Å². The van der Waals surface area contributed by atoms with Crippen molar-refractivity contribution in [3.8, 4) is 22.5 Å². The summed E-state index contributed by atoms with van der Waals surface area (Å²) in [4.78, 5) is 20.4. The van der Waals surface area contributed by atoms with Crippen molar-refractivity contribution >= 4 is 39.1 Å². The predicted octanol–water partition coefficient (Wildman–Crippen LogP) is 7.38. The third kappa shape index (κ3) is 4.32. The highest BCUT2D eigenvalue weighted by Crippen LogP contribution is 2.32. The molecular weight excluding hydrogens is 555 g/mol. The van der Waals surface area contributed by atoms with Crippen molar-refractivity contribution < 1.29 is 9.18 Å². The molecule has 5 nitrogen and oxygen atoms in total. The average Bonchev–Trinajstić information content (AvgIpc) is 3.32. The fraction of sp³-hybridized carbons (Fsp3) is 0.138. The highest BCUT2D eigenvalue weighted by Gasteiger charge is 2.29. The largest absolute Gasteiger partial charge is 0.330 e. The van der Waals surface area contributed by atoms with Gasteiger partial charge in [-0.15, -0.1) is 0 Å². The fourth-order valence-corrected chi connectivity index (χ4v) is 5.39. The molecule has 6 rings (SSSR count). The minimum absolute atomic E-state index is 0.0770. The van der Waals surface area contributed by atoms with Gasteiger partial charge in [0.25, 0.3) is 5.91 Å². The zero-order valence-electron chi connectivity index (χ0n) is 19.8. The average molecular weight is 576 g/mol. The molecule has 1 aliphatic heterocycles. The maximum atomic E-state index is 14.8. The summed E-state index contributed by atoms with van der Waals surface area (Å²) >= 11 is 9.43. The topological polar surface area (TPSA) is 50.5 Å². The monoisotopic (exact) mass is 574 g/mol. The number of amides is 1. The van der Waals surface area contributed by atoms with Gasteiger partial charge in [0, 0.05) is 33.2 Å². The number of hydrogen-bond acceptors (Lipinski definition) is 3. The quantitative estimate of drug-likeness (QED) is 0.226. The van der Waals surface area contributed by atoms with Crippen LogP contribution in [0.15, 0.2) is 83.3 Å². The molecule has 3 heterocycles. The fourth-order valence-electron chi connectivity index (χ4n) is 4.94. The van der Waals surface area contributed by atoms with Crippen molar-refractivity contribution in [2.45, 2.75) is 19.4 Å². The summed E-state index contributed by atoms with van der Waals surface area (Å²) in [5.41, 5.74) is 5.44. The normalized spacial score (nSPS) is 15.1. The van der Waals surface area contributed by atoms with Crippen LogP contribution in [0, 0.1) is 5.82 Å². The van der Waals surface area contributed by atoms with E-state index < -0.39 is 5.82 Å². The van der Waals surface area contributed by atoms with Gasteiger partial charge in [-0.1, -0.05) is 63.9 Å². The van der Waals surface area contributed by atoms with E-state index in [4.69, 9.17) is 11.6 Å². The van der Waals surface area contributed by atoms with Gasteiger partial charge in [-0.2, -0.15) is 5.10 Å². The van der Waals surface area contributed by atoms with Crippen LogP contribution in [0.1, 0.15) is 34.6 Å². The van der Waals surface area contributed by atoms with Crippen LogP contribution in [-0.2, 0) is 6.42 Å². The van der Waals surface area contributed by atoms with Gasteiger partial charge in [-0.05, 0) is 60.9 Å². The molecular formula is C29H21BrClFN4O. The first-order chi connectivity index (χ1) is 17.9. The summed E-state index contributed by atoms with van der Waals surface area (Å²) in [6.45, 7) is 2.65. The van der Waals surface area contributed by atoms with Gasteiger partial charge in [0.1, 0.15) is 11.5 Å². The summed E-state index contributed by atoms with van der Waals surface area (Å²) in [6.07, 6.45) is 0.790. The van der Waals surface area contributed by atoms with E-state index in [-0.39, 0.29) is 11.9 Å². The second-order valence-electron chi connectivity index (χ2n) is 9.08. The number of rotatable bonds is 3. The summed E-state index contributed by atoms with van der Waals surface area (Å²) < 4.78 is 17.1. The summed E-state index contributed by atoms with van der Waals surface area (Å²) in [5, 5.41) is 5.27. The lowest BCUT2D eigenvalue weighted by molar-refractivity contribution is 0.0672. The Morgan fingerprint density at radius 2 is 1.84 bits per heavy atom. The van der Waals surface area contributed by atoms with Gasteiger partial charge in [-0.25, -0.2) is 13.9 Å². The lowest BCUT2D eigenvalue weighted by atomic mass is 9.93. The van der Waals surface area contributed by atoms with Gasteiger partial charge >= 0.3 is 0 Å². The van der Waals surface area contributed by atoms with E-state index in [1.807, 2.05) is 36.1 Å². The molecule has 184 valence electrons. The molecule has 2 aromatic heterocycles. The molecule has 8 heteroatoms. The Bertz CT molecular complexity index is 1670. The van der Waals surface area contributed by atoms with E-state index in [1.165, 1.54) is 11.6 Å². The molecule has 0 unspecified atom stereocenters. The maximum absolute atomic E-state index is 14.8. The van der Waals surface area contributed by atoms with Crippen molar-refractivity contribution in [3.63, 3.8) is 0 Å². The Hall–Kier alpha value is -3.55. The SMILES string of the molecule is C[C@@H]1c2ccccc2CCN1C(=O)c1cc(-c2ccc(Cl)cc2)n2nc(-c3ccc(Br)cc3F)cc2n1. The number of hydrogen-bond donors (Lipinski definition) is 0. The number of carbonyl (C=O) groups is 1. The lowest BCUT2D eigenvalue weighted by Gasteiger charge is -2.35. The van der Waals surface area contributed by atoms with Crippen LogP contribution >= 0.6 is 27.5 Å². The van der Waals surface area contributed by atoms with E-state index in [0.717, 1.165) is 17.5 Å². The lowest BCUT2D eigenvalue weighted by Crippen LogP contribution is -2.39. The van der Waals surface area contributed by atoms with Crippen molar-refractivity contribution in [2.75, 3.05) is 6.54 Å². The van der Waals surface area contributed by atoms with Crippen LogP contribution in [0.25, 0.3) is 28.2 Å². The zero-order valence-corrected chi connectivity index (χ0v) is 22.2.